The zero-order chi connectivity index (χ0) is 21.6. The number of rotatable bonds is 8. The van der Waals surface area contributed by atoms with Gasteiger partial charge in [-0.15, -0.1) is 0 Å². The SMILES string of the molecule is Nc1nc2ccccn2c1C(=O)[C@H](Cc1ccccc1)NC(=O)CCc1ccccc1. The lowest BCUT2D eigenvalue weighted by Gasteiger charge is -2.18. The van der Waals surface area contributed by atoms with E-state index in [-0.39, 0.29) is 17.5 Å². The van der Waals surface area contributed by atoms with Gasteiger partial charge in [0.2, 0.25) is 11.7 Å². The maximum Gasteiger partial charge on any atom is 0.220 e. The van der Waals surface area contributed by atoms with Crippen molar-refractivity contribution < 1.29 is 9.59 Å². The molecule has 31 heavy (non-hydrogen) atoms. The third-order valence-electron chi connectivity index (χ3n) is 5.21. The Morgan fingerprint density at radius 3 is 2.26 bits per heavy atom. The molecule has 0 radical (unpaired) electrons. The van der Waals surface area contributed by atoms with Crippen LogP contribution in [0.3, 0.4) is 0 Å². The van der Waals surface area contributed by atoms with Crippen molar-refractivity contribution in [1.29, 1.82) is 0 Å². The molecule has 6 heteroatoms. The van der Waals surface area contributed by atoms with Gasteiger partial charge in [0, 0.05) is 19.0 Å². The minimum absolute atomic E-state index is 0.160. The number of Topliss-reactive ketones (excluding diaryl/α,β-unsaturated/α-hetero) is 1. The Hall–Kier alpha value is -3.93. The van der Waals surface area contributed by atoms with Crippen LogP contribution in [0.2, 0.25) is 0 Å². The van der Waals surface area contributed by atoms with Crippen LogP contribution in [0.15, 0.2) is 85.1 Å². The number of nitrogen functional groups attached to an aromatic ring is 1. The van der Waals surface area contributed by atoms with Gasteiger partial charge in [-0.25, -0.2) is 4.98 Å². The maximum absolute atomic E-state index is 13.5. The van der Waals surface area contributed by atoms with Crippen LogP contribution in [-0.4, -0.2) is 27.1 Å². The van der Waals surface area contributed by atoms with E-state index in [1.54, 1.807) is 16.7 Å². The molecule has 0 spiro atoms. The Bertz CT molecular complexity index is 1190. The highest BCUT2D eigenvalue weighted by atomic mass is 16.2. The van der Waals surface area contributed by atoms with E-state index in [1.165, 1.54) is 0 Å². The number of pyridine rings is 1. The molecule has 2 aromatic carbocycles. The monoisotopic (exact) mass is 412 g/mol. The molecule has 3 N–H and O–H groups in total. The fourth-order valence-corrected chi connectivity index (χ4v) is 3.65. The predicted molar refractivity (Wildman–Crippen MR) is 121 cm³/mol. The Morgan fingerprint density at radius 1 is 0.903 bits per heavy atom. The van der Waals surface area contributed by atoms with E-state index in [1.807, 2.05) is 72.8 Å². The van der Waals surface area contributed by atoms with Gasteiger partial charge in [0.25, 0.3) is 0 Å². The quantitative estimate of drug-likeness (QED) is 0.434. The van der Waals surface area contributed by atoms with E-state index in [2.05, 4.69) is 10.3 Å². The average molecular weight is 412 g/mol. The number of fused-ring (bicyclic) bond motifs is 1. The smallest absolute Gasteiger partial charge is 0.220 e. The molecule has 2 heterocycles. The fraction of sp³-hybridized carbons (Fsp3) is 0.160. The molecule has 0 aliphatic heterocycles. The summed E-state index contributed by atoms with van der Waals surface area (Å²) < 4.78 is 1.67. The summed E-state index contributed by atoms with van der Waals surface area (Å²) in [4.78, 5) is 30.5. The summed E-state index contributed by atoms with van der Waals surface area (Å²) in [5.74, 6) is -0.272. The Labute approximate surface area is 180 Å². The molecule has 4 aromatic rings. The molecule has 0 saturated carbocycles. The first-order valence-electron chi connectivity index (χ1n) is 10.3. The molecule has 1 atom stereocenters. The lowest BCUT2D eigenvalue weighted by atomic mass is 9.99. The highest BCUT2D eigenvalue weighted by Gasteiger charge is 2.27. The van der Waals surface area contributed by atoms with Crippen molar-refractivity contribution in [2.45, 2.75) is 25.3 Å². The first-order valence-corrected chi connectivity index (χ1v) is 10.3. The number of carbonyl (C=O) groups is 2. The zero-order valence-electron chi connectivity index (χ0n) is 17.1. The van der Waals surface area contributed by atoms with E-state index in [0.29, 0.717) is 30.6 Å². The summed E-state index contributed by atoms with van der Waals surface area (Å²) in [6.07, 6.45) is 3.03. The number of nitrogens with one attached hydrogen (secondary N) is 1. The Balaban J connectivity index is 1.57. The second-order valence-corrected chi connectivity index (χ2v) is 7.43. The van der Waals surface area contributed by atoms with Gasteiger partial charge < -0.3 is 11.1 Å². The molecule has 1 amide bonds. The lowest BCUT2D eigenvalue weighted by molar-refractivity contribution is -0.121. The van der Waals surface area contributed by atoms with Gasteiger partial charge in [-0.05, 0) is 29.7 Å². The van der Waals surface area contributed by atoms with Crippen LogP contribution in [-0.2, 0) is 17.6 Å². The third kappa shape index (κ3) is 4.80. The van der Waals surface area contributed by atoms with E-state index in [0.717, 1.165) is 11.1 Å². The normalized spacial score (nSPS) is 11.9. The van der Waals surface area contributed by atoms with E-state index in [9.17, 15) is 9.59 Å². The van der Waals surface area contributed by atoms with Gasteiger partial charge in [-0.1, -0.05) is 66.7 Å². The summed E-state index contributed by atoms with van der Waals surface area (Å²) in [5, 5.41) is 2.93. The van der Waals surface area contributed by atoms with Gasteiger partial charge in [0.1, 0.15) is 11.3 Å². The van der Waals surface area contributed by atoms with Gasteiger partial charge >= 0.3 is 0 Å². The number of ketones is 1. The minimum Gasteiger partial charge on any atom is -0.382 e. The second-order valence-electron chi connectivity index (χ2n) is 7.43. The molecule has 0 fully saturated rings. The number of carbonyl (C=O) groups excluding carboxylic acids is 2. The summed E-state index contributed by atoms with van der Waals surface area (Å²) >= 11 is 0. The Kier molecular flexibility index (Phi) is 6.08. The molecular formula is C25H24N4O2. The summed E-state index contributed by atoms with van der Waals surface area (Å²) in [6.45, 7) is 0. The molecule has 0 aliphatic carbocycles. The molecule has 0 bridgehead atoms. The van der Waals surface area contributed by atoms with E-state index >= 15 is 0 Å². The van der Waals surface area contributed by atoms with Gasteiger partial charge in [0.15, 0.2) is 5.82 Å². The molecule has 4 rings (SSSR count). The third-order valence-corrected chi connectivity index (χ3v) is 5.21. The van der Waals surface area contributed by atoms with E-state index < -0.39 is 6.04 Å². The van der Waals surface area contributed by atoms with Crippen LogP contribution in [0.1, 0.15) is 28.0 Å². The molecule has 6 nitrogen and oxygen atoms in total. The summed E-state index contributed by atoms with van der Waals surface area (Å²) in [6, 6.07) is 24.1. The van der Waals surface area contributed by atoms with Gasteiger partial charge in [0.05, 0.1) is 6.04 Å². The number of amides is 1. The summed E-state index contributed by atoms with van der Waals surface area (Å²) in [7, 11) is 0. The Morgan fingerprint density at radius 2 is 1.55 bits per heavy atom. The average Bonchev–Trinajstić information content (AvgIpc) is 3.14. The number of anilines is 1. The van der Waals surface area contributed by atoms with Crippen molar-refractivity contribution >= 4 is 23.2 Å². The largest absolute Gasteiger partial charge is 0.382 e. The topological polar surface area (TPSA) is 89.5 Å². The number of hydrogen-bond donors (Lipinski definition) is 2. The van der Waals surface area contributed by atoms with Crippen molar-refractivity contribution in [3.63, 3.8) is 0 Å². The molecule has 0 saturated heterocycles. The molecule has 0 unspecified atom stereocenters. The van der Waals surface area contributed by atoms with Crippen molar-refractivity contribution in [2.24, 2.45) is 0 Å². The molecule has 0 aliphatic rings. The maximum atomic E-state index is 13.5. The number of nitrogens with two attached hydrogens (primary N) is 1. The molecule has 2 aromatic heterocycles. The standard InChI is InChI=1S/C25H24N4O2/c26-25-23(29-16-8-7-13-21(29)28-25)24(31)20(17-19-11-5-2-6-12-19)27-22(30)15-14-18-9-3-1-4-10-18/h1-13,16,20H,14-15,17,26H2,(H,27,30)/t20-/m0/s1. The number of aromatic nitrogens is 2. The summed E-state index contributed by atoms with van der Waals surface area (Å²) in [5.41, 5.74) is 9.01. The molecular weight excluding hydrogens is 388 g/mol. The van der Waals surface area contributed by atoms with E-state index in [4.69, 9.17) is 5.73 Å². The van der Waals surface area contributed by atoms with Crippen molar-refractivity contribution in [2.75, 3.05) is 5.73 Å². The minimum atomic E-state index is -0.743. The van der Waals surface area contributed by atoms with Gasteiger partial charge in [-0.3, -0.25) is 14.0 Å². The van der Waals surface area contributed by atoms with Crippen LogP contribution in [0.25, 0.3) is 5.65 Å². The number of nitrogens with zero attached hydrogens (tertiary/aromatic N) is 2. The molecule has 156 valence electrons. The predicted octanol–water partition coefficient (Wildman–Crippen LogP) is 3.46. The van der Waals surface area contributed by atoms with Crippen molar-refractivity contribution in [3.8, 4) is 0 Å². The highest BCUT2D eigenvalue weighted by molar-refractivity contribution is 6.04. The highest BCUT2D eigenvalue weighted by Crippen LogP contribution is 2.18. The number of imidazole rings is 1. The van der Waals surface area contributed by atoms with Gasteiger partial charge in [-0.2, -0.15) is 0 Å². The number of aryl methyl sites for hydroxylation is 1. The lowest BCUT2D eigenvalue weighted by Crippen LogP contribution is -2.43. The second kappa shape index (κ2) is 9.26. The first kappa shape index (κ1) is 20.3. The first-order chi connectivity index (χ1) is 15.1. The van der Waals surface area contributed by atoms with Crippen LogP contribution in [0.4, 0.5) is 5.82 Å². The van der Waals surface area contributed by atoms with Crippen molar-refractivity contribution in [3.05, 3.63) is 102 Å². The van der Waals surface area contributed by atoms with Crippen LogP contribution in [0.5, 0.6) is 0 Å². The number of hydrogen-bond acceptors (Lipinski definition) is 4. The van der Waals surface area contributed by atoms with Crippen LogP contribution in [0, 0.1) is 0 Å². The van der Waals surface area contributed by atoms with Crippen LogP contribution >= 0.6 is 0 Å². The van der Waals surface area contributed by atoms with Crippen molar-refractivity contribution in [1.82, 2.24) is 14.7 Å². The fourth-order valence-electron chi connectivity index (χ4n) is 3.65. The van der Waals surface area contributed by atoms with Crippen LogP contribution < -0.4 is 11.1 Å². The number of benzene rings is 2. The zero-order valence-corrected chi connectivity index (χ0v) is 17.1.